The molecule has 168 valence electrons. The molecule has 2 heteroatoms. The number of hydrogen-bond acceptors (Lipinski definition) is 2. The van der Waals surface area contributed by atoms with Gasteiger partial charge < -0.3 is 10.8 Å². The third kappa shape index (κ3) is 3.73. The van der Waals surface area contributed by atoms with Gasteiger partial charge in [-0.1, -0.05) is 53.9 Å². The van der Waals surface area contributed by atoms with Crippen LogP contribution in [0.5, 0.6) is 0 Å². The zero-order valence-corrected chi connectivity index (χ0v) is 20.0. The van der Waals surface area contributed by atoms with Crippen LogP contribution in [0.15, 0.2) is 0 Å². The molecule has 0 radical (unpaired) electrons. The molecule has 3 N–H and O–H groups in total. The first-order valence-corrected chi connectivity index (χ1v) is 13.1. The van der Waals surface area contributed by atoms with Crippen LogP contribution in [-0.2, 0) is 0 Å². The van der Waals surface area contributed by atoms with Crippen molar-refractivity contribution in [3.63, 3.8) is 0 Å². The van der Waals surface area contributed by atoms with Crippen molar-refractivity contribution in [3.8, 4) is 0 Å². The molecular weight excluding hydrogens is 354 g/mol. The maximum Gasteiger partial charge on any atom is 0.0694 e. The molecule has 0 saturated heterocycles. The Kier molecular flexibility index (Phi) is 6.19. The van der Waals surface area contributed by atoms with Crippen molar-refractivity contribution in [2.24, 2.45) is 58.0 Å². The summed E-state index contributed by atoms with van der Waals surface area (Å²) in [6.07, 6.45) is 14.6. The molecule has 3 unspecified atom stereocenters. The lowest BCUT2D eigenvalue weighted by Gasteiger charge is -2.62. The average Bonchev–Trinajstić information content (AvgIpc) is 3.00. The minimum absolute atomic E-state index is 0.000571. The molecule has 0 spiro atoms. The number of fused-ring (bicyclic) bond motifs is 5. The van der Waals surface area contributed by atoms with E-state index in [1.165, 1.54) is 57.8 Å². The highest BCUT2D eigenvalue weighted by atomic mass is 16.3. The zero-order valence-electron chi connectivity index (χ0n) is 20.0. The van der Waals surface area contributed by atoms with Gasteiger partial charge in [0.2, 0.25) is 0 Å². The van der Waals surface area contributed by atoms with Gasteiger partial charge in [0.1, 0.15) is 0 Å². The van der Waals surface area contributed by atoms with E-state index in [9.17, 15) is 5.11 Å². The molecule has 2 nitrogen and oxygen atoms in total. The minimum Gasteiger partial charge on any atom is -0.392 e. The van der Waals surface area contributed by atoms with Gasteiger partial charge in [0.05, 0.1) is 6.10 Å². The monoisotopic (exact) mass is 403 g/mol. The summed E-state index contributed by atoms with van der Waals surface area (Å²) in [5.74, 6) is 6.11. The minimum atomic E-state index is -0.263. The summed E-state index contributed by atoms with van der Waals surface area (Å²) >= 11 is 0. The van der Waals surface area contributed by atoms with Crippen molar-refractivity contribution in [3.05, 3.63) is 0 Å². The van der Waals surface area contributed by atoms with Crippen molar-refractivity contribution in [1.29, 1.82) is 0 Å². The Morgan fingerprint density at radius 2 is 1.66 bits per heavy atom. The number of nitrogens with two attached hydrogens (primary N) is 1. The summed E-state index contributed by atoms with van der Waals surface area (Å²) in [5, 5.41) is 10.4. The topological polar surface area (TPSA) is 46.2 Å². The van der Waals surface area contributed by atoms with E-state index in [0.717, 1.165) is 48.3 Å². The number of aliphatic hydroxyl groups excluding tert-OH is 1. The van der Waals surface area contributed by atoms with Crippen LogP contribution in [-0.4, -0.2) is 17.3 Å². The maximum absolute atomic E-state index is 10.4. The van der Waals surface area contributed by atoms with E-state index >= 15 is 0 Å². The van der Waals surface area contributed by atoms with Crippen LogP contribution in [0.3, 0.4) is 0 Å². The van der Waals surface area contributed by atoms with Gasteiger partial charge in [-0.25, -0.2) is 0 Å². The SMILES string of the molecule is CC(C)CCCC(C)[C@H]1CC[C@H]2[C@@H]3CCC4CC(O)[C@@H](N)C[C@]4(C)[C@H]3CC[C@]12C. The Labute approximate surface area is 180 Å². The second kappa shape index (κ2) is 8.12. The summed E-state index contributed by atoms with van der Waals surface area (Å²) in [6.45, 7) is 12.6. The molecule has 4 fully saturated rings. The van der Waals surface area contributed by atoms with Crippen LogP contribution in [0.1, 0.15) is 105 Å². The van der Waals surface area contributed by atoms with E-state index in [-0.39, 0.29) is 12.1 Å². The summed E-state index contributed by atoms with van der Waals surface area (Å²) in [6, 6.07) is 0.000571. The van der Waals surface area contributed by atoms with Gasteiger partial charge in [-0.2, -0.15) is 0 Å². The third-order valence-corrected chi connectivity index (χ3v) is 11.0. The van der Waals surface area contributed by atoms with Crippen molar-refractivity contribution in [1.82, 2.24) is 0 Å². The lowest BCUT2D eigenvalue weighted by molar-refractivity contribution is -0.133. The molecule has 0 bridgehead atoms. The molecule has 0 aliphatic heterocycles. The Hall–Kier alpha value is -0.0800. The predicted octanol–water partition coefficient (Wildman–Crippen LogP) is 6.41. The average molecular weight is 404 g/mol. The van der Waals surface area contributed by atoms with Crippen LogP contribution >= 0.6 is 0 Å². The van der Waals surface area contributed by atoms with Crippen LogP contribution < -0.4 is 5.73 Å². The molecule has 4 aliphatic rings. The summed E-state index contributed by atoms with van der Waals surface area (Å²) < 4.78 is 0. The van der Waals surface area contributed by atoms with Crippen LogP contribution in [0.25, 0.3) is 0 Å². The molecule has 10 atom stereocenters. The molecule has 0 aromatic carbocycles. The molecule has 0 aromatic rings. The first-order valence-electron chi connectivity index (χ1n) is 13.1. The van der Waals surface area contributed by atoms with Gasteiger partial charge in [-0.05, 0) is 104 Å². The Balaban J connectivity index is 1.47. The van der Waals surface area contributed by atoms with Crippen molar-refractivity contribution in [2.45, 2.75) is 117 Å². The standard InChI is InChI=1S/C27H49NO/c1-17(2)7-6-8-18(3)21-11-12-22-20-10-9-19-15-25(29)24(28)16-27(19,5)23(20)13-14-26(21,22)4/h17-25,29H,6-16,28H2,1-5H3/t18?,19?,20-,21+,22-,23-,24-,25?,26+,27-/m0/s1. The van der Waals surface area contributed by atoms with E-state index in [1.807, 2.05) is 0 Å². The molecule has 4 saturated carbocycles. The maximum atomic E-state index is 10.4. The van der Waals surface area contributed by atoms with E-state index in [4.69, 9.17) is 5.73 Å². The second-order valence-electron chi connectivity index (χ2n) is 12.9. The molecule has 4 rings (SSSR count). The highest BCUT2D eigenvalue weighted by Crippen LogP contribution is 2.68. The molecule has 0 heterocycles. The molecular formula is C27H49NO. The largest absolute Gasteiger partial charge is 0.392 e. The summed E-state index contributed by atoms with van der Waals surface area (Å²) in [4.78, 5) is 0. The van der Waals surface area contributed by atoms with Crippen molar-refractivity contribution < 1.29 is 5.11 Å². The van der Waals surface area contributed by atoms with Gasteiger partial charge in [-0.3, -0.25) is 0 Å². The van der Waals surface area contributed by atoms with E-state index in [0.29, 0.717) is 16.7 Å². The lowest BCUT2D eigenvalue weighted by atomic mass is 9.44. The van der Waals surface area contributed by atoms with Crippen molar-refractivity contribution >= 4 is 0 Å². The first-order chi connectivity index (χ1) is 13.7. The van der Waals surface area contributed by atoms with Gasteiger partial charge in [0, 0.05) is 6.04 Å². The number of rotatable bonds is 5. The lowest BCUT2D eigenvalue weighted by Crippen LogP contribution is -2.58. The van der Waals surface area contributed by atoms with Gasteiger partial charge in [0.15, 0.2) is 0 Å². The summed E-state index contributed by atoms with van der Waals surface area (Å²) in [5.41, 5.74) is 7.36. The Morgan fingerprint density at radius 3 is 2.38 bits per heavy atom. The number of hydrogen-bond donors (Lipinski definition) is 2. The van der Waals surface area contributed by atoms with E-state index in [1.54, 1.807) is 0 Å². The smallest absolute Gasteiger partial charge is 0.0694 e. The second-order valence-corrected chi connectivity index (χ2v) is 12.9. The quantitative estimate of drug-likeness (QED) is 0.557. The van der Waals surface area contributed by atoms with E-state index < -0.39 is 0 Å². The molecule has 0 amide bonds. The predicted molar refractivity (Wildman–Crippen MR) is 122 cm³/mol. The molecule has 4 aliphatic carbocycles. The fraction of sp³-hybridized carbons (Fsp3) is 1.00. The highest BCUT2D eigenvalue weighted by Gasteiger charge is 2.61. The fourth-order valence-electron chi connectivity index (χ4n) is 9.37. The zero-order chi connectivity index (χ0) is 21.0. The van der Waals surface area contributed by atoms with Gasteiger partial charge in [-0.15, -0.1) is 0 Å². The van der Waals surface area contributed by atoms with E-state index in [2.05, 4.69) is 34.6 Å². The van der Waals surface area contributed by atoms with Crippen LogP contribution in [0.2, 0.25) is 0 Å². The van der Waals surface area contributed by atoms with Crippen LogP contribution in [0, 0.1) is 52.3 Å². The van der Waals surface area contributed by atoms with Gasteiger partial charge >= 0.3 is 0 Å². The van der Waals surface area contributed by atoms with Gasteiger partial charge in [0.25, 0.3) is 0 Å². The Morgan fingerprint density at radius 1 is 0.931 bits per heavy atom. The number of aliphatic hydroxyl groups is 1. The Bertz CT molecular complexity index is 575. The fourth-order valence-corrected chi connectivity index (χ4v) is 9.37. The van der Waals surface area contributed by atoms with Crippen molar-refractivity contribution in [2.75, 3.05) is 0 Å². The van der Waals surface area contributed by atoms with Crippen LogP contribution in [0.4, 0.5) is 0 Å². The normalized spacial score (nSPS) is 50.7. The summed E-state index contributed by atoms with van der Waals surface area (Å²) in [7, 11) is 0. The highest BCUT2D eigenvalue weighted by molar-refractivity contribution is 5.10. The first kappa shape index (κ1) is 22.1. The molecule has 0 aromatic heterocycles. The third-order valence-electron chi connectivity index (χ3n) is 11.0. The molecule has 29 heavy (non-hydrogen) atoms.